The number of aryl methyl sites for hydroxylation is 2. The largest absolute Gasteiger partial charge is 1.00 e. The second kappa shape index (κ2) is 22.9. The maximum Gasteiger partial charge on any atom is 1.00 e. The maximum absolute atomic E-state index is 11.2. The summed E-state index contributed by atoms with van der Waals surface area (Å²) < 4.78 is 8.60. The fourth-order valence-corrected chi connectivity index (χ4v) is 3.59. The van der Waals surface area contributed by atoms with E-state index in [-0.39, 0.29) is 59.9 Å². The Labute approximate surface area is 265 Å². The molecule has 0 saturated carbocycles. The zero-order chi connectivity index (χ0) is 25.8. The van der Waals surface area contributed by atoms with E-state index in [4.69, 9.17) is 4.74 Å². The van der Waals surface area contributed by atoms with E-state index in [1.165, 1.54) is 30.9 Å². The molecule has 0 amide bonds. The number of rotatable bonds is 6. The van der Waals surface area contributed by atoms with Crippen LogP contribution in [0.3, 0.4) is 0 Å². The predicted octanol–water partition coefficient (Wildman–Crippen LogP) is -2.23. The van der Waals surface area contributed by atoms with E-state index in [0.717, 1.165) is 24.6 Å². The summed E-state index contributed by atoms with van der Waals surface area (Å²) in [5.41, 5.74) is 5.23. The minimum absolute atomic E-state index is 0. The van der Waals surface area contributed by atoms with Crippen LogP contribution in [0.25, 0.3) is 0 Å². The Hall–Kier alpha value is -2.77. The molecule has 0 aliphatic carbocycles. The van der Waals surface area contributed by atoms with Gasteiger partial charge in [-0.1, -0.05) is 60.7 Å². The van der Waals surface area contributed by atoms with E-state index in [1.807, 2.05) is 73.1 Å². The van der Waals surface area contributed by atoms with Crippen LogP contribution in [0.1, 0.15) is 58.5 Å². The zero-order valence-corrected chi connectivity index (χ0v) is 24.6. The molecule has 0 spiro atoms. The van der Waals surface area contributed by atoms with Gasteiger partial charge in [0.2, 0.25) is 0 Å². The Kier molecular flexibility index (Phi) is 23.8. The Morgan fingerprint density at radius 2 is 1.24 bits per heavy atom. The summed E-state index contributed by atoms with van der Waals surface area (Å²) in [6, 6.07) is 23.7. The fourth-order valence-electron chi connectivity index (χ4n) is 3.59. The molecule has 41 heavy (non-hydrogen) atoms. The minimum atomic E-state index is 0. The molecular weight excluding hydrogens is 514 g/mol. The molecule has 4 N–H and O–H groups in total. The maximum atomic E-state index is 11.2. The number of nitrogens with zero attached hydrogens (tertiary/aromatic N) is 4. The van der Waals surface area contributed by atoms with Crippen molar-refractivity contribution in [3.05, 3.63) is 107 Å². The van der Waals surface area contributed by atoms with Gasteiger partial charge in [0.05, 0.1) is 13.1 Å². The van der Waals surface area contributed by atoms with Crippen molar-refractivity contribution in [2.45, 2.75) is 46.7 Å². The van der Waals surface area contributed by atoms with E-state index in [9.17, 15) is 9.59 Å². The van der Waals surface area contributed by atoms with Gasteiger partial charge in [-0.2, -0.15) is 11.2 Å². The quantitative estimate of drug-likeness (QED) is 0.148. The molecule has 2 aromatic heterocycles. The number of hydrogen-bond acceptors (Lipinski definition) is 7. The van der Waals surface area contributed by atoms with Crippen molar-refractivity contribution in [2.24, 2.45) is 0 Å². The first-order chi connectivity index (χ1) is 17.5. The number of aromatic nitrogens is 4. The van der Waals surface area contributed by atoms with Gasteiger partial charge in [-0.15, -0.1) is 0 Å². The third kappa shape index (κ3) is 14.6. The molecule has 2 aromatic carbocycles. The summed E-state index contributed by atoms with van der Waals surface area (Å²) >= 11 is 0. The number of ketones is 1. The number of benzene rings is 2. The van der Waals surface area contributed by atoms with Crippen molar-refractivity contribution >= 4 is 12.1 Å². The molecule has 1 aliphatic heterocycles. The first-order valence-electron chi connectivity index (χ1n) is 12.1. The molecule has 4 aromatic rings. The molecule has 0 unspecified atom stereocenters. The van der Waals surface area contributed by atoms with Crippen LogP contribution in [0.2, 0.25) is 0 Å². The molecule has 212 valence electrons. The Bertz CT molecular complexity index is 1240. The summed E-state index contributed by atoms with van der Waals surface area (Å²) in [4.78, 5) is 21.6. The van der Waals surface area contributed by atoms with Gasteiger partial charge >= 0.3 is 37.7 Å². The fraction of sp³-hybridized carbons (Fsp3) is 0.310. The van der Waals surface area contributed by atoms with Crippen molar-refractivity contribution in [1.29, 1.82) is 0 Å². The SMILES string of the molecule is C1CCOC1.CC(=O)c1cc(C)n(Cc2ccccc2)n1.Cc1cc([C-]=O)nn1Cc1ccccc1.O.[Li+].[Li+].[OH-].[OH-]. The average molecular weight is 552 g/mol. The molecule has 1 aliphatic rings. The van der Waals surface area contributed by atoms with Gasteiger partial charge in [-0.25, -0.2) is 5.10 Å². The van der Waals surface area contributed by atoms with Crippen LogP contribution < -0.4 is 37.7 Å². The van der Waals surface area contributed by atoms with Crippen molar-refractivity contribution in [3.8, 4) is 0 Å². The van der Waals surface area contributed by atoms with Crippen molar-refractivity contribution in [1.82, 2.24) is 19.6 Å². The van der Waals surface area contributed by atoms with E-state index in [0.29, 0.717) is 24.5 Å². The number of ether oxygens (including phenoxy) is 1. The van der Waals surface area contributed by atoms with Gasteiger partial charge in [-0.3, -0.25) is 14.2 Å². The van der Waals surface area contributed by atoms with Crippen molar-refractivity contribution in [2.75, 3.05) is 13.2 Å². The molecule has 0 atom stereocenters. The summed E-state index contributed by atoms with van der Waals surface area (Å²) in [6.45, 7) is 8.82. The standard InChI is InChI=1S/C13H14N2O.C12H11N2O.C4H8O.2Li.3H2O/c1-10-8-13(11(2)16)14-15(10)9-12-6-4-3-5-7-12;1-10-7-12(9-15)13-14(10)8-11-5-3-2-4-6-11;1-2-4-5-3-1;;;;;/h3-8H,9H2,1-2H3;2-7H,8H2,1H3;1-4H2;;;3*1H2/q;-1;;2*+1;;;/p-2. The van der Waals surface area contributed by atoms with Crippen LogP contribution in [-0.4, -0.2) is 61.3 Å². The first-order valence-corrected chi connectivity index (χ1v) is 12.1. The van der Waals surface area contributed by atoms with Crippen LogP contribution in [0, 0.1) is 13.8 Å². The minimum Gasteiger partial charge on any atom is -0.870 e. The van der Waals surface area contributed by atoms with Gasteiger partial charge in [0.15, 0.2) is 5.78 Å². The van der Waals surface area contributed by atoms with Gasteiger partial charge in [0, 0.05) is 32.1 Å². The Morgan fingerprint density at radius 3 is 1.59 bits per heavy atom. The second-order valence-corrected chi connectivity index (χ2v) is 8.61. The van der Waals surface area contributed by atoms with E-state index in [2.05, 4.69) is 22.3 Å². The number of Topliss-reactive ketones (excluding diaryl/α,β-unsaturated/α-hetero) is 1. The monoisotopic (exact) mass is 551 g/mol. The topological polar surface area (TPSA) is 171 Å². The average Bonchev–Trinajstić information content (AvgIpc) is 3.65. The van der Waals surface area contributed by atoms with Gasteiger partial charge in [0.1, 0.15) is 5.69 Å². The molecule has 1 saturated heterocycles. The molecule has 0 bridgehead atoms. The molecule has 1 fully saturated rings. The smallest absolute Gasteiger partial charge is 0.870 e. The summed E-state index contributed by atoms with van der Waals surface area (Å²) in [7, 11) is 0. The number of hydrogen-bond donors (Lipinski definition) is 0. The van der Waals surface area contributed by atoms with Crippen molar-refractivity contribution in [3.63, 3.8) is 0 Å². The second-order valence-electron chi connectivity index (χ2n) is 8.61. The van der Waals surface area contributed by atoms with Crippen LogP contribution >= 0.6 is 0 Å². The van der Waals surface area contributed by atoms with Gasteiger partial charge in [-0.05, 0) is 55.3 Å². The molecule has 3 heterocycles. The molecule has 5 rings (SSSR count). The third-order valence-electron chi connectivity index (χ3n) is 5.61. The van der Waals surface area contributed by atoms with E-state index < -0.39 is 0 Å². The number of carbonyl (C=O) groups excluding carboxylic acids is 2. The van der Waals surface area contributed by atoms with Crippen LogP contribution in [0.4, 0.5) is 0 Å². The van der Waals surface area contributed by atoms with Gasteiger partial charge < -0.3 is 26.0 Å². The van der Waals surface area contributed by atoms with E-state index in [1.54, 1.807) is 17.0 Å². The normalized spacial score (nSPS) is 10.7. The number of carbonyl (C=O) groups is 1. The summed E-state index contributed by atoms with van der Waals surface area (Å²) in [5, 5.41) is 8.39. The zero-order valence-electron chi connectivity index (χ0n) is 24.6. The molecular formula is C29H37Li2N4O6-. The molecule has 10 nitrogen and oxygen atoms in total. The van der Waals surface area contributed by atoms with Crippen LogP contribution in [0.5, 0.6) is 0 Å². The van der Waals surface area contributed by atoms with Crippen LogP contribution in [-0.2, 0) is 22.6 Å². The van der Waals surface area contributed by atoms with Gasteiger partial charge in [0.25, 0.3) is 0 Å². The predicted molar refractivity (Wildman–Crippen MR) is 147 cm³/mol. The van der Waals surface area contributed by atoms with Crippen molar-refractivity contribution < 1.29 is 68.5 Å². The Morgan fingerprint density at radius 1 is 0.805 bits per heavy atom. The molecule has 0 radical (unpaired) electrons. The van der Waals surface area contributed by atoms with E-state index >= 15 is 0 Å². The first kappa shape index (κ1) is 42.7. The summed E-state index contributed by atoms with van der Waals surface area (Å²) in [5.74, 6) is 0.00918. The Balaban J connectivity index is -0.000000545. The van der Waals surface area contributed by atoms with Crippen LogP contribution in [0.15, 0.2) is 72.8 Å². The summed E-state index contributed by atoms with van der Waals surface area (Å²) in [6.07, 6.45) is 4.35. The molecule has 12 heteroatoms. The third-order valence-corrected chi connectivity index (χ3v) is 5.61.